The Morgan fingerprint density at radius 2 is 1.96 bits per heavy atom. The van der Waals surface area contributed by atoms with Crippen LogP contribution in [0.3, 0.4) is 0 Å². The number of carbonyl (C=O) groups is 1. The smallest absolute Gasteiger partial charge is 0.237 e. The van der Waals surface area contributed by atoms with Crippen LogP contribution in [0.2, 0.25) is 0 Å². The van der Waals surface area contributed by atoms with Gasteiger partial charge in [-0.1, -0.05) is 30.3 Å². The van der Waals surface area contributed by atoms with Crippen molar-refractivity contribution in [3.63, 3.8) is 0 Å². The molecule has 1 aromatic carbocycles. The number of hydrogen-bond donors (Lipinski definition) is 2. The largest absolute Gasteiger partial charge is 0.389 e. The zero-order valence-corrected chi connectivity index (χ0v) is 15.4. The number of piperidine rings is 1. The Hall–Kier alpha value is -1.43. The van der Waals surface area contributed by atoms with Crippen LogP contribution < -0.4 is 5.32 Å². The molecule has 25 heavy (non-hydrogen) atoms. The van der Waals surface area contributed by atoms with Crippen molar-refractivity contribution in [2.75, 3.05) is 26.2 Å². The molecule has 1 aromatic rings. The van der Waals surface area contributed by atoms with Gasteiger partial charge in [-0.2, -0.15) is 0 Å². The maximum absolute atomic E-state index is 12.5. The van der Waals surface area contributed by atoms with Gasteiger partial charge in [-0.3, -0.25) is 14.6 Å². The zero-order valence-electron chi connectivity index (χ0n) is 15.4. The number of carbonyl (C=O) groups excluding carboxylic acids is 1. The van der Waals surface area contributed by atoms with Gasteiger partial charge in [0.05, 0.1) is 11.6 Å². The van der Waals surface area contributed by atoms with Crippen LogP contribution in [-0.2, 0) is 11.3 Å². The van der Waals surface area contributed by atoms with Gasteiger partial charge in [0.1, 0.15) is 0 Å². The molecule has 2 atom stereocenters. The molecule has 5 nitrogen and oxygen atoms in total. The SMILES string of the molecule is CC(C(=O)NC1CCN(Cc2ccccc2)CC1)N1CCC(C)(O)C1. The number of likely N-dealkylation sites (tertiary alicyclic amines) is 2. The van der Waals surface area contributed by atoms with Crippen molar-refractivity contribution < 1.29 is 9.90 Å². The van der Waals surface area contributed by atoms with Crippen LogP contribution in [0.1, 0.15) is 38.7 Å². The van der Waals surface area contributed by atoms with Gasteiger partial charge in [0.25, 0.3) is 0 Å². The molecule has 2 fully saturated rings. The molecule has 2 saturated heterocycles. The van der Waals surface area contributed by atoms with Crippen LogP contribution >= 0.6 is 0 Å². The van der Waals surface area contributed by atoms with Gasteiger partial charge >= 0.3 is 0 Å². The van der Waals surface area contributed by atoms with Crippen molar-refractivity contribution in [3.8, 4) is 0 Å². The quantitative estimate of drug-likeness (QED) is 0.851. The normalized spacial score (nSPS) is 27.3. The number of benzene rings is 1. The third kappa shape index (κ3) is 5.03. The second-order valence-electron chi connectivity index (χ2n) is 7.94. The van der Waals surface area contributed by atoms with Crippen molar-refractivity contribution in [3.05, 3.63) is 35.9 Å². The minimum atomic E-state index is -0.655. The second kappa shape index (κ2) is 7.85. The number of nitrogens with one attached hydrogen (secondary N) is 1. The predicted molar refractivity (Wildman–Crippen MR) is 99.2 cm³/mol. The first-order valence-corrected chi connectivity index (χ1v) is 9.46. The van der Waals surface area contributed by atoms with Gasteiger partial charge in [-0.25, -0.2) is 0 Å². The van der Waals surface area contributed by atoms with Crippen molar-refractivity contribution in [2.45, 2.75) is 57.3 Å². The summed E-state index contributed by atoms with van der Waals surface area (Å²) < 4.78 is 0. The number of β-amino-alcohol motifs (C(OH)–C–C–N with tert-alkyl or cyclic N) is 1. The van der Waals surface area contributed by atoms with E-state index in [1.54, 1.807) is 0 Å². The molecular formula is C20H31N3O2. The molecule has 2 aliphatic rings. The van der Waals surface area contributed by atoms with Crippen LogP contribution in [-0.4, -0.2) is 64.7 Å². The van der Waals surface area contributed by atoms with Crippen LogP contribution in [0.25, 0.3) is 0 Å². The highest BCUT2D eigenvalue weighted by atomic mass is 16.3. The van der Waals surface area contributed by atoms with Crippen LogP contribution in [0, 0.1) is 0 Å². The van der Waals surface area contributed by atoms with Gasteiger partial charge in [-0.05, 0) is 38.7 Å². The number of rotatable bonds is 5. The van der Waals surface area contributed by atoms with Crippen LogP contribution in [0.4, 0.5) is 0 Å². The van der Waals surface area contributed by atoms with E-state index in [0.717, 1.165) is 45.4 Å². The molecule has 2 unspecified atom stereocenters. The monoisotopic (exact) mass is 345 g/mol. The Kier molecular flexibility index (Phi) is 5.77. The van der Waals surface area contributed by atoms with Crippen LogP contribution in [0.5, 0.6) is 0 Å². The maximum Gasteiger partial charge on any atom is 0.237 e. The highest BCUT2D eigenvalue weighted by molar-refractivity contribution is 5.81. The van der Waals surface area contributed by atoms with E-state index in [-0.39, 0.29) is 18.0 Å². The summed E-state index contributed by atoms with van der Waals surface area (Å²) in [5, 5.41) is 13.3. The summed E-state index contributed by atoms with van der Waals surface area (Å²) in [6.07, 6.45) is 2.74. The first-order chi connectivity index (χ1) is 11.9. The minimum Gasteiger partial charge on any atom is -0.389 e. The average Bonchev–Trinajstić information content (AvgIpc) is 2.97. The lowest BCUT2D eigenvalue weighted by Gasteiger charge is -2.33. The lowest BCUT2D eigenvalue weighted by Crippen LogP contribution is -2.51. The Morgan fingerprint density at radius 3 is 2.56 bits per heavy atom. The Balaban J connectivity index is 1.42. The lowest BCUT2D eigenvalue weighted by atomic mass is 10.0. The molecule has 3 rings (SSSR count). The van der Waals surface area contributed by atoms with Gasteiger partial charge in [0.2, 0.25) is 5.91 Å². The van der Waals surface area contributed by atoms with E-state index in [2.05, 4.69) is 39.4 Å². The highest BCUT2D eigenvalue weighted by Crippen LogP contribution is 2.22. The zero-order chi connectivity index (χ0) is 17.9. The van der Waals surface area contributed by atoms with Crippen molar-refractivity contribution in [1.82, 2.24) is 15.1 Å². The Bertz CT molecular complexity index is 568. The summed E-state index contributed by atoms with van der Waals surface area (Å²) in [6.45, 7) is 8.19. The van der Waals surface area contributed by atoms with E-state index >= 15 is 0 Å². The summed E-state index contributed by atoms with van der Waals surface area (Å²) >= 11 is 0. The van der Waals surface area contributed by atoms with Gasteiger partial charge in [0, 0.05) is 38.8 Å². The van der Waals surface area contributed by atoms with E-state index in [0.29, 0.717) is 6.54 Å². The van der Waals surface area contributed by atoms with Crippen molar-refractivity contribution in [1.29, 1.82) is 0 Å². The summed E-state index contributed by atoms with van der Waals surface area (Å²) in [4.78, 5) is 17.1. The van der Waals surface area contributed by atoms with Gasteiger partial charge < -0.3 is 10.4 Å². The lowest BCUT2D eigenvalue weighted by molar-refractivity contribution is -0.126. The molecular weight excluding hydrogens is 314 g/mol. The molecule has 5 heteroatoms. The number of hydrogen-bond acceptors (Lipinski definition) is 4. The topological polar surface area (TPSA) is 55.8 Å². The summed E-state index contributed by atoms with van der Waals surface area (Å²) in [7, 11) is 0. The first-order valence-electron chi connectivity index (χ1n) is 9.46. The molecule has 2 aliphatic heterocycles. The van der Waals surface area contributed by atoms with E-state index in [1.165, 1.54) is 5.56 Å². The van der Waals surface area contributed by atoms with E-state index in [9.17, 15) is 9.90 Å². The highest BCUT2D eigenvalue weighted by Gasteiger charge is 2.36. The molecule has 2 heterocycles. The maximum atomic E-state index is 12.5. The molecule has 0 spiro atoms. The summed E-state index contributed by atoms with van der Waals surface area (Å²) in [5.74, 6) is 0.0965. The standard InChI is InChI=1S/C20H31N3O2/c1-16(23-13-10-20(2,25)15-23)19(24)21-18-8-11-22(12-9-18)14-17-6-4-3-5-7-17/h3-7,16,18,25H,8-15H2,1-2H3,(H,21,24). The summed E-state index contributed by atoms with van der Waals surface area (Å²) in [6, 6.07) is 10.6. The molecule has 0 radical (unpaired) electrons. The van der Waals surface area contributed by atoms with Crippen molar-refractivity contribution in [2.24, 2.45) is 0 Å². The van der Waals surface area contributed by atoms with E-state index in [4.69, 9.17) is 0 Å². The fraction of sp³-hybridized carbons (Fsp3) is 0.650. The number of amides is 1. The fourth-order valence-corrected chi connectivity index (χ4v) is 3.88. The molecule has 138 valence electrons. The third-order valence-electron chi connectivity index (χ3n) is 5.59. The molecule has 1 amide bonds. The Labute approximate surface area is 151 Å². The van der Waals surface area contributed by atoms with Gasteiger partial charge in [0.15, 0.2) is 0 Å². The first kappa shape index (κ1) is 18.4. The summed E-state index contributed by atoms with van der Waals surface area (Å²) in [5.41, 5.74) is 0.692. The van der Waals surface area contributed by atoms with E-state index < -0.39 is 5.60 Å². The molecule has 0 aliphatic carbocycles. The number of aliphatic hydroxyl groups is 1. The van der Waals surface area contributed by atoms with Crippen molar-refractivity contribution >= 4 is 5.91 Å². The third-order valence-corrected chi connectivity index (χ3v) is 5.59. The molecule has 0 saturated carbocycles. The van der Waals surface area contributed by atoms with Gasteiger partial charge in [-0.15, -0.1) is 0 Å². The predicted octanol–water partition coefficient (Wildman–Crippen LogP) is 1.61. The molecule has 0 aromatic heterocycles. The Morgan fingerprint density at radius 1 is 1.28 bits per heavy atom. The minimum absolute atomic E-state index is 0.0965. The van der Waals surface area contributed by atoms with Crippen LogP contribution in [0.15, 0.2) is 30.3 Å². The fourth-order valence-electron chi connectivity index (χ4n) is 3.88. The molecule has 0 bridgehead atoms. The number of nitrogens with zero attached hydrogens (tertiary/aromatic N) is 2. The average molecular weight is 345 g/mol. The molecule has 2 N–H and O–H groups in total. The second-order valence-corrected chi connectivity index (χ2v) is 7.94. The van der Waals surface area contributed by atoms with E-state index in [1.807, 2.05) is 19.9 Å².